The number of halogens is 1. The van der Waals surface area contributed by atoms with Gasteiger partial charge in [-0.2, -0.15) is 0 Å². The lowest BCUT2D eigenvalue weighted by Gasteiger charge is -2.16. The molecule has 28 heavy (non-hydrogen) atoms. The van der Waals surface area contributed by atoms with Crippen LogP contribution in [-0.2, 0) is 20.4 Å². The molecule has 3 rings (SSSR count). The first-order chi connectivity index (χ1) is 12.8. The van der Waals surface area contributed by atoms with Gasteiger partial charge >= 0.3 is 5.97 Å². The Morgan fingerprint density at radius 2 is 2.07 bits per heavy atom. The van der Waals surface area contributed by atoms with Crippen LogP contribution in [0, 0.1) is 0 Å². The van der Waals surface area contributed by atoms with E-state index in [0.29, 0.717) is 29.1 Å². The van der Waals surface area contributed by atoms with Gasteiger partial charge in [-0.3, -0.25) is 9.36 Å². The van der Waals surface area contributed by atoms with Crippen LogP contribution in [0.2, 0.25) is 0 Å². The number of aromatic nitrogens is 4. The van der Waals surface area contributed by atoms with Crippen LogP contribution in [0.1, 0.15) is 12.6 Å². The fraction of sp³-hybridized carbons (Fsp3) is 0.600. The van der Waals surface area contributed by atoms with Gasteiger partial charge < -0.3 is 31.5 Å². The molecule has 1 aliphatic rings. The summed E-state index contributed by atoms with van der Waals surface area (Å²) in [6.45, 7) is 0. The average molecular weight is 436 g/mol. The van der Waals surface area contributed by atoms with Crippen molar-refractivity contribution in [2.75, 3.05) is 23.5 Å². The lowest BCUT2D eigenvalue weighted by molar-refractivity contribution is -0.138. The van der Waals surface area contributed by atoms with E-state index in [1.807, 2.05) is 6.26 Å². The fourth-order valence-electron chi connectivity index (χ4n) is 2.97. The van der Waals surface area contributed by atoms with E-state index in [9.17, 15) is 15.0 Å². The summed E-state index contributed by atoms with van der Waals surface area (Å²) in [5, 5.41) is 29.7. The molecule has 0 saturated carbocycles. The molecule has 0 radical (unpaired) electrons. The number of hydrogen-bond donors (Lipinski definition) is 5. The molecule has 0 aliphatic carbocycles. The van der Waals surface area contributed by atoms with Crippen molar-refractivity contribution < 1.29 is 24.9 Å². The summed E-state index contributed by atoms with van der Waals surface area (Å²) in [6, 6.07) is -0.907. The number of carboxylic acids is 1. The number of nitrogens with zero attached hydrogens (tertiary/aromatic N) is 4. The lowest BCUT2D eigenvalue weighted by Crippen LogP contribution is -2.37. The highest BCUT2D eigenvalue weighted by atomic mass is 35.5. The molecule has 11 nitrogen and oxygen atoms in total. The number of hydrogen-bond acceptors (Lipinski definition) is 9. The molecule has 3 heterocycles. The van der Waals surface area contributed by atoms with Gasteiger partial charge in [0.2, 0.25) is 0 Å². The largest absolute Gasteiger partial charge is 0.480 e. The first kappa shape index (κ1) is 22.6. The summed E-state index contributed by atoms with van der Waals surface area (Å²) in [5.74, 6) is 0.254. The Bertz CT molecular complexity index is 825. The maximum atomic E-state index is 10.8. The number of anilines is 1. The van der Waals surface area contributed by atoms with E-state index in [4.69, 9.17) is 21.3 Å². The number of carboxylic acid groups (broad SMARTS) is 1. The molecule has 0 aromatic carbocycles. The smallest absolute Gasteiger partial charge is 0.320 e. The minimum atomic E-state index is -1.16. The van der Waals surface area contributed by atoms with Crippen LogP contribution < -0.4 is 11.5 Å². The third kappa shape index (κ3) is 4.47. The second-order valence-electron chi connectivity index (χ2n) is 6.51. The quantitative estimate of drug-likeness (QED) is 0.321. The standard InChI is InChI=1S/C15H22N6O5S.ClH/c1-27(3-2-7(16)15(24)25)4-8-10(22)11(23)14(26-8)21-6-20-9-12(17)18-5-19-13(9)21;/h5-8,10-11,14,22-23H,2-4,16H2,1H3,(H2-,17,18,19,24,25);1H/p+1/t7-,8+,10+,11+,14+,27?;/m0./s1. The molecule has 0 amide bonds. The number of ether oxygens (including phenoxy) is 1. The number of nitrogen functional groups attached to an aromatic ring is 1. The Morgan fingerprint density at radius 3 is 2.75 bits per heavy atom. The summed E-state index contributed by atoms with van der Waals surface area (Å²) in [7, 11) is -0.235. The van der Waals surface area contributed by atoms with Gasteiger partial charge in [0.15, 0.2) is 17.7 Å². The monoisotopic (exact) mass is 435 g/mol. The van der Waals surface area contributed by atoms with Gasteiger partial charge in [-0.25, -0.2) is 15.0 Å². The molecule has 13 heteroatoms. The first-order valence-electron chi connectivity index (χ1n) is 8.31. The van der Waals surface area contributed by atoms with Crippen molar-refractivity contribution in [1.82, 2.24) is 19.5 Å². The van der Waals surface area contributed by atoms with Crippen molar-refractivity contribution in [1.29, 1.82) is 0 Å². The Morgan fingerprint density at radius 1 is 1.36 bits per heavy atom. The Labute approximate surface area is 169 Å². The third-order valence-corrected chi connectivity index (χ3v) is 6.37. The molecule has 1 unspecified atom stereocenters. The predicted molar refractivity (Wildman–Crippen MR) is 106 cm³/mol. The Kier molecular flexibility index (Phi) is 7.42. The van der Waals surface area contributed by atoms with E-state index in [1.54, 1.807) is 0 Å². The van der Waals surface area contributed by atoms with Gasteiger partial charge in [0.1, 0.15) is 47.7 Å². The molecule has 1 fully saturated rings. The van der Waals surface area contributed by atoms with Crippen LogP contribution in [0.4, 0.5) is 5.82 Å². The molecule has 0 bridgehead atoms. The summed E-state index contributed by atoms with van der Waals surface area (Å²) >= 11 is 0. The first-order valence-corrected chi connectivity index (χ1v) is 10.3. The number of rotatable bonds is 7. The van der Waals surface area contributed by atoms with Crippen molar-refractivity contribution in [2.45, 2.75) is 37.0 Å². The minimum Gasteiger partial charge on any atom is -0.480 e. The minimum absolute atomic E-state index is 0. The van der Waals surface area contributed by atoms with Crippen LogP contribution in [-0.4, -0.2) is 82.9 Å². The predicted octanol–water partition coefficient (Wildman–Crippen LogP) is -1.50. The number of nitrogens with two attached hydrogens (primary N) is 2. The molecular weight excluding hydrogens is 412 g/mol. The van der Waals surface area contributed by atoms with Gasteiger partial charge in [-0.15, -0.1) is 12.4 Å². The fourth-order valence-corrected chi connectivity index (χ4v) is 4.63. The zero-order chi connectivity index (χ0) is 19.7. The van der Waals surface area contributed by atoms with E-state index in [-0.39, 0.29) is 29.1 Å². The van der Waals surface area contributed by atoms with Crippen molar-refractivity contribution in [3.05, 3.63) is 12.7 Å². The highest BCUT2D eigenvalue weighted by molar-refractivity contribution is 7.96. The molecular formula is C15H24ClN6O5S+. The number of imidazole rings is 1. The number of aliphatic carboxylic acids is 1. The maximum absolute atomic E-state index is 10.8. The summed E-state index contributed by atoms with van der Waals surface area (Å²) in [6.07, 6.45) is 1.31. The van der Waals surface area contributed by atoms with Crippen molar-refractivity contribution in [3.8, 4) is 0 Å². The summed E-state index contributed by atoms with van der Waals surface area (Å²) in [4.78, 5) is 23.0. The van der Waals surface area contributed by atoms with Crippen LogP contribution in [0.3, 0.4) is 0 Å². The summed E-state index contributed by atoms with van der Waals surface area (Å²) < 4.78 is 7.41. The SMILES string of the molecule is C[S+](CC[C@H](N)C(=O)O)C[C@H]1O[C@@H](n2cnc3c(N)ncnc32)[C@H](O)[C@@H]1O.Cl. The zero-order valence-electron chi connectivity index (χ0n) is 15.1. The second kappa shape index (κ2) is 9.20. The molecule has 6 atom stereocenters. The average Bonchev–Trinajstić information content (AvgIpc) is 3.17. The van der Waals surface area contributed by atoms with Crippen LogP contribution in [0.15, 0.2) is 12.7 Å². The molecule has 7 N–H and O–H groups in total. The molecule has 0 spiro atoms. The van der Waals surface area contributed by atoms with Gasteiger partial charge in [-0.05, 0) is 10.9 Å². The van der Waals surface area contributed by atoms with Crippen LogP contribution in [0.25, 0.3) is 11.2 Å². The number of carbonyl (C=O) groups is 1. The van der Waals surface area contributed by atoms with Crippen molar-refractivity contribution in [2.24, 2.45) is 5.73 Å². The second-order valence-corrected chi connectivity index (χ2v) is 8.82. The summed E-state index contributed by atoms with van der Waals surface area (Å²) in [5.41, 5.74) is 12.1. The third-order valence-electron chi connectivity index (χ3n) is 4.54. The van der Waals surface area contributed by atoms with Crippen molar-refractivity contribution in [3.63, 3.8) is 0 Å². The molecule has 1 saturated heterocycles. The van der Waals surface area contributed by atoms with E-state index in [2.05, 4.69) is 15.0 Å². The normalized spacial score (nSPS) is 26.7. The van der Waals surface area contributed by atoms with Gasteiger partial charge in [-0.1, -0.05) is 0 Å². The van der Waals surface area contributed by atoms with Crippen LogP contribution >= 0.6 is 12.4 Å². The number of fused-ring (bicyclic) bond motifs is 1. The molecule has 2 aromatic rings. The highest BCUT2D eigenvalue weighted by Crippen LogP contribution is 2.32. The van der Waals surface area contributed by atoms with Crippen molar-refractivity contribution >= 4 is 46.3 Å². The zero-order valence-corrected chi connectivity index (χ0v) is 16.7. The van der Waals surface area contributed by atoms with Gasteiger partial charge in [0.05, 0.1) is 12.6 Å². The van der Waals surface area contributed by atoms with E-state index in [0.717, 1.165) is 0 Å². The number of aliphatic hydroxyl groups excluding tert-OH is 2. The topological polar surface area (TPSA) is 183 Å². The maximum Gasteiger partial charge on any atom is 0.320 e. The van der Waals surface area contributed by atoms with E-state index < -0.39 is 36.6 Å². The van der Waals surface area contributed by atoms with Crippen LogP contribution in [0.5, 0.6) is 0 Å². The molecule has 2 aromatic heterocycles. The molecule has 1 aliphatic heterocycles. The Balaban J connectivity index is 0.00000280. The van der Waals surface area contributed by atoms with E-state index >= 15 is 0 Å². The highest BCUT2D eigenvalue weighted by Gasteiger charge is 2.46. The van der Waals surface area contributed by atoms with Gasteiger partial charge in [0, 0.05) is 6.42 Å². The molecule has 156 valence electrons. The lowest BCUT2D eigenvalue weighted by atomic mass is 10.1. The number of aliphatic hydroxyl groups is 2. The van der Waals surface area contributed by atoms with Gasteiger partial charge in [0.25, 0.3) is 0 Å². The Hall–Kier alpha value is -1.70. The van der Waals surface area contributed by atoms with E-state index in [1.165, 1.54) is 17.2 Å².